The van der Waals surface area contributed by atoms with Gasteiger partial charge < -0.3 is 5.32 Å². The Labute approximate surface area is 122 Å². The second kappa shape index (κ2) is 6.42. The molecule has 6 heteroatoms. The van der Waals surface area contributed by atoms with Crippen LogP contribution in [0.3, 0.4) is 0 Å². The average molecular weight is 278 g/mol. The summed E-state index contributed by atoms with van der Waals surface area (Å²) in [6, 6.07) is 13.7. The largest absolute Gasteiger partial charge is 0.366 e. The Kier molecular flexibility index (Phi) is 3.97. The van der Waals surface area contributed by atoms with Crippen molar-refractivity contribution in [3.05, 3.63) is 66.6 Å². The Hall–Kier alpha value is -3.02. The van der Waals surface area contributed by atoms with Gasteiger partial charge in [0.15, 0.2) is 0 Å². The van der Waals surface area contributed by atoms with Gasteiger partial charge in [0.1, 0.15) is 5.82 Å². The quantitative estimate of drug-likeness (QED) is 0.747. The van der Waals surface area contributed by atoms with Crippen molar-refractivity contribution in [1.82, 2.24) is 19.9 Å². The van der Waals surface area contributed by atoms with E-state index in [4.69, 9.17) is 0 Å². The van der Waals surface area contributed by atoms with E-state index in [-0.39, 0.29) is 0 Å². The summed E-state index contributed by atoms with van der Waals surface area (Å²) in [7, 11) is 0. The van der Waals surface area contributed by atoms with E-state index in [1.54, 1.807) is 24.7 Å². The average Bonchev–Trinajstić information content (AvgIpc) is 2.55. The molecule has 0 fully saturated rings. The Morgan fingerprint density at radius 3 is 2.33 bits per heavy atom. The second-order valence-corrected chi connectivity index (χ2v) is 4.30. The number of nitrogens with one attached hydrogen (secondary N) is 2. The normalized spacial score (nSPS) is 10.1. The maximum Gasteiger partial charge on any atom is 0.231 e. The Bertz CT molecular complexity index is 687. The molecule has 0 amide bonds. The van der Waals surface area contributed by atoms with Gasteiger partial charge in [-0.15, -0.1) is 0 Å². The van der Waals surface area contributed by atoms with E-state index in [9.17, 15) is 0 Å². The van der Waals surface area contributed by atoms with Gasteiger partial charge in [-0.1, -0.05) is 30.3 Å². The van der Waals surface area contributed by atoms with Gasteiger partial charge in [-0.05, 0) is 17.7 Å². The highest BCUT2D eigenvalue weighted by Crippen LogP contribution is 2.10. The molecule has 6 nitrogen and oxygen atoms in total. The topological polar surface area (TPSA) is 75.6 Å². The summed E-state index contributed by atoms with van der Waals surface area (Å²) in [4.78, 5) is 16.7. The summed E-state index contributed by atoms with van der Waals surface area (Å²) >= 11 is 0. The Morgan fingerprint density at radius 1 is 0.762 bits per heavy atom. The van der Waals surface area contributed by atoms with E-state index in [1.807, 2.05) is 24.3 Å². The summed E-state index contributed by atoms with van der Waals surface area (Å²) in [6.07, 6.45) is 5.01. The van der Waals surface area contributed by atoms with Crippen molar-refractivity contribution in [1.29, 1.82) is 0 Å². The number of benzene rings is 1. The molecule has 0 unspecified atom stereocenters. The lowest BCUT2D eigenvalue weighted by Gasteiger charge is -2.07. The molecule has 3 rings (SSSR count). The van der Waals surface area contributed by atoms with Gasteiger partial charge in [-0.3, -0.25) is 5.32 Å². The summed E-state index contributed by atoms with van der Waals surface area (Å²) in [5.74, 6) is 1.67. The number of aromatic nitrogens is 4. The zero-order valence-electron chi connectivity index (χ0n) is 11.3. The minimum absolute atomic E-state index is 0.458. The van der Waals surface area contributed by atoms with Gasteiger partial charge >= 0.3 is 0 Å². The van der Waals surface area contributed by atoms with Crippen molar-refractivity contribution in [2.24, 2.45) is 0 Å². The van der Waals surface area contributed by atoms with Crippen LogP contribution < -0.4 is 10.6 Å². The molecule has 0 radical (unpaired) electrons. The molecule has 104 valence electrons. The molecule has 0 atom stereocenters. The minimum Gasteiger partial charge on any atom is -0.366 e. The molecule has 0 bridgehead atoms. The Balaban J connectivity index is 1.66. The van der Waals surface area contributed by atoms with Crippen LogP contribution in [0.25, 0.3) is 0 Å². The fourth-order valence-electron chi connectivity index (χ4n) is 1.77. The first-order valence-electron chi connectivity index (χ1n) is 6.55. The maximum absolute atomic E-state index is 4.37. The van der Waals surface area contributed by atoms with Gasteiger partial charge in [-0.2, -0.15) is 4.98 Å². The van der Waals surface area contributed by atoms with Crippen LogP contribution in [0.1, 0.15) is 5.56 Å². The number of nitrogens with zero attached hydrogens (tertiary/aromatic N) is 4. The Morgan fingerprint density at radius 2 is 1.52 bits per heavy atom. The molecule has 0 saturated heterocycles. The fourth-order valence-corrected chi connectivity index (χ4v) is 1.77. The highest BCUT2D eigenvalue weighted by atomic mass is 15.2. The highest BCUT2D eigenvalue weighted by Gasteiger charge is 2.01. The molecule has 0 spiro atoms. The van der Waals surface area contributed by atoms with E-state index in [0.717, 1.165) is 5.82 Å². The summed E-state index contributed by atoms with van der Waals surface area (Å²) in [5, 5.41) is 6.21. The predicted molar refractivity (Wildman–Crippen MR) is 81.1 cm³/mol. The van der Waals surface area contributed by atoms with Crippen molar-refractivity contribution < 1.29 is 0 Å². The summed E-state index contributed by atoms with van der Waals surface area (Å²) in [5.41, 5.74) is 1.19. The lowest BCUT2D eigenvalue weighted by Crippen LogP contribution is -2.05. The van der Waals surface area contributed by atoms with Gasteiger partial charge in [-0.25, -0.2) is 15.0 Å². The fraction of sp³-hybridized carbons (Fsp3) is 0.0667. The number of hydrogen-bond donors (Lipinski definition) is 2. The second-order valence-electron chi connectivity index (χ2n) is 4.30. The van der Waals surface area contributed by atoms with Crippen LogP contribution in [-0.2, 0) is 6.54 Å². The third kappa shape index (κ3) is 3.73. The van der Waals surface area contributed by atoms with Gasteiger partial charge in [0.25, 0.3) is 0 Å². The zero-order chi connectivity index (χ0) is 14.3. The first kappa shape index (κ1) is 13.0. The van der Waals surface area contributed by atoms with Crippen LogP contribution in [0.2, 0.25) is 0 Å². The number of rotatable bonds is 5. The summed E-state index contributed by atoms with van der Waals surface area (Å²) in [6.45, 7) is 0.707. The van der Waals surface area contributed by atoms with Crippen LogP contribution in [0, 0.1) is 0 Å². The SMILES string of the molecule is c1ccc(CNc2ccnc(Nc3ncccn3)n2)cc1. The molecular formula is C15H14N6. The van der Waals surface area contributed by atoms with E-state index in [2.05, 4.69) is 42.7 Å². The van der Waals surface area contributed by atoms with E-state index in [1.165, 1.54) is 5.56 Å². The zero-order valence-corrected chi connectivity index (χ0v) is 11.3. The lowest BCUT2D eigenvalue weighted by molar-refractivity contribution is 1.07. The molecule has 2 N–H and O–H groups in total. The minimum atomic E-state index is 0.458. The molecular weight excluding hydrogens is 264 g/mol. The molecule has 3 aromatic rings. The molecule has 2 aromatic heterocycles. The van der Waals surface area contributed by atoms with Gasteiger partial charge in [0.2, 0.25) is 11.9 Å². The monoisotopic (exact) mass is 278 g/mol. The van der Waals surface area contributed by atoms with E-state index < -0.39 is 0 Å². The molecule has 0 saturated carbocycles. The molecule has 0 aliphatic carbocycles. The van der Waals surface area contributed by atoms with Crippen molar-refractivity contribution in [3.63, 3.8) is 0 Å². The predicted octanol–water partition coefficient (Wildman–Crippen LogP) is 2.62. The van der Waals surface area contributed by atoms with Crippen LogP contribution in [0.4, 0.5) is 17.7 Å². The highest BCUT2D eigenvalue weighted by molar-refractivity contribution is 5.46. The third-order valence-corrected chi connectivity index (χ3v) is 2.76. The first-order valence-corrected chi connectivity index (χ1v) is 6.55. The van der Waals surface area contributed by atoms with Crippen molar-refractivity contribution in [3.8, 4) is 0 Å². The third-order valence-electron chi connectivity index (χ3n) is 2.76. The van der Waals surface area contributed by atoms with Crippen molar-refractivity contribution in [2.75, 3.05) is 10.6 Å². The number of anilines is 3. The van der Waals surface area contributed by atoms with Crippen molar-refractivity contribution >= 4 is 17.7 Å². The smallest absolute Gasteiger partial charge is 0.231 e. The molecule has 21 heavy (non-hydrogen) atoms. The number of hydrogen-bond acceptors (Lipinski definition) is 6. The van der Waals surface area contributed by atoms with Crippen LogP contribution in [0.15, 0.2) is 61.1 Å². The maximum atomic E-state index is 4.37. The van der Waals surface area contributed by atoms with Gasteiger partial charge in [0, 0.05) is 25.1 Å². The first-order chi connectivity index (χ1) is 10.4. The van der Waals surface area contributed by atoms with Crippen LogP contribution in [-0.4, -0.2) is 19.9 Å². The lowest BCUT2D eigenvalue weighted by atomic mass is 10.2. The van der Waals surface area contributed by atoms with Crippen LogP contribution >= 0.6 is 0 Å². The molecule has 0 aliphatic heterocycles. The van der Waals surface area contributed by atoms with E-state index in [0.29, 0.717) is 18.4 Å². The standard InChI is InChI=1S/C15H14N6/c1-2-5-12(6-3-1)11-19-13-7-10-18-15(20-13)21-14-16-8-4-9-17-14/h1-10H,11H2,(H2,16,17,18,19,20,21). The van der Waals surface area contributed by atoms with Gasteiger partial charge in [0.05, 0.1) is 0 Å². The van der Waals surface area contributed by atoms with Crippen LogP contribution in [0.5, 0.6) is 0 Å². The molecule has 1 aromatic carbocycles. The van der Waals surface area contributed by atoms with E-state index >= 15 is 0 Å². The molecule has 2 heterocycles. The molecule has 0 aliphatic rings. The van der Waals surface area contributed by atoms with Crippen molar-refractivity contribution in [2.45, 2.75) is 6.54 Å². The summed E-state index contributed by atoms with van der Waals surface area (Å²) < 4.78 is 0.